The molecular weight excluding hydrogens is 310 g/mol. The van der Waals surface area contributed by atoms with Crippen LogP contribution in [-0.4, -0.2) is 63.1 Å². The summed E-state index contributed by atoms with van der Waals surface area (Å²) in [5.74, 6) is -0.182. The molecule has 0 unspecified atom stereocenters. The van der Waals surface area contributed by atoms with Crippen LogP contribution in [0.5, 0.6) is 0 Å². The topological polar surface area (TPSA) is 88.4 Å². The van der Waals surface area contributed by atoms with Crippen molar-refractivity contribution in [2.75, 3.05) is 26.2 Å². The quantitative estimate of drug-likeness (QED) is 0.713. The van der Waals surface area contributed by atoms with Gasteiger partial charge in [-0.2, -0.15) is 5.10 Å². The molecule has 8 nitrogen and oxygen atoms in total. The predicted octanol–water partition coefficient (Wildman–Crippen LogP) is -0.394. The van der Waals surface area contributed by atoms with Gasteiger partial charge in [-0.25, -0.2) is 4.68 Å². The fraction of sp³-hybridized carbons (Fsp3) is 0.312. The summed E-state index contributed by atoms with van der Waals surface area (Å²) in [7, 11) is 0. The van der Waals surface area contributed by atoms with Crippen molar-refractivity contribution in [2.45, 2.75) is 6.54 Å². The molecule has 2 aromatic rings. The van der Waals surface area contributed by atoms with E-state index >= 15 is 0 Å². The van der Waals surface area contributed by atoms with Crippen LogP contribution in [0.15, 0.2) is 41.5 Å². The summed E-state index contributed by atoms with van der Waals surface area (Å²) < 4.78 is 1.16. The number of aromatic nitrogens is 3. The highest BCUT2D eigenvalue weighted by molar-refractivity contribution is 5.76. The Hall–Kier alpha value is -3.03. The minimum atomic E-state index is -0.331. The second-order valence-electron chi connectivity index (χ2n) is 5.48. The van der Waals surface area contributed by atoms with Gasteiger partial charge in [-0.1, -0.05) is 0 Å². The molecule has 0 saturated carbocycles. The lowest BCUT2D eigenvalue weighted by Gasteiger charge is -2.32. The van der Waals surface area contributed by atoms with E-state index in [1.807, 2.05) is 6.07 Å². The van der Waals surface area contributed by atoms with Crippen molar-refractivity contribution in [1.29, 1.82) is 0 Å². The smallest absolute Gasteiger partial charge is 0.267 e. The molecular formula is C16H17N5O3. The van der Waals surface area contributed by atoms with Crippen LogP contribution < -0.4 is 5.56 Å². The van der Waals surface area contributed by atoms with Gasteiger partial charge in [0.15, 0.2) is 0 Å². The van der Waals surface area contributed by atoms with Crippen molar-refractivity contribution >= 4 is 12.3 Å². The van der Waals surface area contributed by atoms with E-state index in [0.29, 0.717) is 31.9 Å². The Morgan fingerprint density at radius 1 is 1.17 bits per heavy atom. The van der Waals surface area contributed by atoms with Crippen molar-refractivity contribution < 1.29 is 9.59 Å². The molecule has 0 radical (unpaired) electrons. The fourth-order valence-corrected chi connectivity index (χ4v) is 2.54. The Labute approximate surface area is 138 Å². The summed E-state index contributed by atoms with van der Waals surface area (Å²) in [5.41, 5.74) is 1.03. The van der Waals surface area contributed by atoms with Crippen LogP contribution in [0.3, 0.4) is 0 Å². The van der Waals surface area contributed by atoms with E-state index in [-0.39, 0.29) is 18.0 Å². The Balaban J connectivity index is 1.74. The Kier molecular flexibility index (Phi) is 4.64. The molecule has 8 heteroatoms. The molecule has 3 rings (SSSR count). The van der Waals surface area contributed by atoms with Crippen molar-refractivity contribution in [3.63, 3.8) is 0 Å². The van der Waals surface area contributed by atoms with Crippen LogP contribution in [0.2, 0.25) is 0 Å². The molecule has 0 aliphatic carbocycles. The summed E-state index contributed by atoms with van der Waals surface area (Å²) in [6, 6.07) is 6.63. The van der Waals surface area contributed by atoms with Gasteiger partial charge in [0.2, 0.25) is 12.3 Å². The Morgan fingerprint density at radius 3 is 2.62 bits per heavy atom. The van der Waals surface area contributed by atoms with Crippen LogP contribution >= 0.6 is 0 Å². The number of pyridine rings is 1. The molecule has 24 heavy (non-hydrogen) atoms. The first-order valence-corrected chi connectivity index (χ1v) is 7.63. The van der Waals surface area contributed by atoms with Gasteiger partial charge in [0.25, 0.3) is 5.56 Å². The number of rotatable bonds is 4. The number of hydrogen-bond donors (Lipinski definition) is 0. The van der Waals surface area contributed by atoms with Gasteiger partial charge in [-0.3, -0.25) is 19.4 Å². The summed E-state index contributed by atoms with van der Waals surface area (Å²) >= 11 is 0. The summed E-state index contributed by atoms with van der Waals surface area (Å²) in [6.45, 7) is 1.83. The lowest BCUT2D eigenvalue weighted by molar-refractivity contribution is -0.135. The number of piperazine rings is 1. The number of amides is 2. The van der Waals surface area contributed by atoms with Crippen molar-refractivity contribution in [2.24, 2.45) is 0 Å². The van der Waals surface area contributed by atoms with Crippen LogP contribution in [0.4, 0.5) is 0 Å². The largest absolute Gasteiger partial charge is 0.342 e. The Bertz CT molecular complexity index is 782. The first-order valence-electron chi connectivity index (χ1n) is 7.63. The first-order chi connectivity index (χ1) is 11.7. The van der Waals surface area contributed by atoms with E-state index in [1.54, 1.807) is 34.3 Å². The maximum atomic E-state index is 12.4. The lowest BCUT2D eigenvalue weighted by Crippen LogP contribution is -2.49. The molecule has 0 aromatic carbocycles. The van der Waals surface area contributed by atoms with Crippen LogP contribution in [0.1, 0.15) is 0 Å². The van der Waals surface area contributed by atoms with Crippen LogP contribution in [0, 0.1) is 0 Å². The van der Waals surface area contributed by atoms with E-state index in [0.717, 1.165) is 16.7 Å². The Morgan fingerprint density at radius 2 is 1.96 bits per heavy atom. The van der Waals surface area contributed by atoms with E-state index in [1.165, 1.54) is 6.07 Å². The molecule has 124 valence electrons. The minimum Gasteiger partial charge on any atom is -0.342 e. The maximum Gasteiger partial charge on any atom is 0.267 e. The summed E-state index contributed by atoms with van der Waals surface area (Å²) in [4.78, 5) is 42.3. The SMILES string of the molecule is O=CN1CCN(C(=O)Cn2nc(-c3cccnc3)ccc2=O)CC1. The molecule has 0 bridgehead atoms. The highest BCUT2D eigenvalue weighted by Crippen LogP contribution is 2.12. The third-order valence-corrected chi connectivity index (χ3v) is 3.92. The van der Waals surface area contributed by atoms with Gasteiger partial charge in [-0.05, 0) is 18.2 Å². The summed E-state index contributed by atoms with van der Waals surface area (Å²) in [6.07, 6.45) is 4.09. The number of nitrogens with zero attached hydrogens (tertiary/aromatic N) is 5. The van der Waals surface area contributed by atoms with E-state index in [4.69, 9.17) is 0 Å². The van der Waals surface area contributed by atoms with Crippen molar-refractivity contribution in [3.05, 3.63) is 47.0 Å². The normalized spacial score (nSPS) is 14.5. The van der Waals surface area contributed by atoms with Crippen molar-refractivity contribution in [1.82, 2.24) is 24.6 Å². The number of carbonyl (C=O) groups excluding carboxylic acids is 2. The lowest BCUT2D eigenvalue weighted by atomic mass is 10.2. The maximum absolute atomic E-state index is 12.4. The molecule has 1 fully saturated rings. The zero-order valence-corrected chi connectivity index (χ0v) is 13.0. The number of carbonyl (C=O) groups is 2. The molecule has 1 saturated heterocycles. The predicted molar refractivity (Wildman–Crippen MR) is 85.9 cm³/mol. The molecule has 0 atom stereocenters. The zero-order chi connectivity index (χ0) is 16.9. The standard InChI is InChI=1S/C16H17N5O3/c22-12-19-6-8-20(9-7-19)16(24)11-21-15(23)4-3-14(18-21)13-2-1-5-17-10-13/h1-5,10,12H,6-9,11H2. The minimum absolute atomic E-state index is 0.117. The zero-order valence-electron chi connectivity index (χ0n) is 13.0. The molecule has 1 aliphatic heterocycles. The van der Waals surface area contributed by atoms with Crippen molar-refractivity contribution in [3.8, 4) is 11.3 Å². The third-order valence-electron chi connectivity index (χ3n) is 3.92. The first kappa shape index (κ1) is 15.9. The second kappa shape index (κ2) is 7.03. The summed E-state index contributed by atoms with van der Waals surface area (Å²) in [5, 5.41) is 4.26. The van der Waals surface area contributed by atoms with Gasteiger partial charge < -0.3 is 9.80 Å². The molecule has 0 spiro atoms. The van der Waals surface area contributed by atoms with E-state index in [9.17, 15) is 14.4 Å². The average molecular weight is 327 g/mol. The molecule has 0 N–H and O–H groups in total. The molecule has 2 amide bonds. The monoisotopic (exact) mass is 327 g/mol. The van der Waals surface area contributed by atoms with Gasteiger partial charge in [0.05, 0.1) is 5.69 Å². The molecule has 3 heterocycles. The molecule has 1 aliphatic rings. The van der Waals surface area contributed by atoms with Gasteiger partial charge in [-0.15, -0.1) is 0 Å². The average Bonchev–Trinajstić information content (AvgIpc) is 2.64. The third kappa shape index (κ3) is 3.48. The highest BCUT2D eigenvalue weighted by Gasteiger charge is 2.21. The van der Waals surface area contributed by atoms with Gasteiger partial charge in [0.1, 0.15) is 6.54 Å². The number of hydrogen-bond acceptors (Lipinski definition) is 5. The van der Waals surface area contributed by atoms with Gasteiger partial charge in [0, 0.05) is 50.2 Å². The highest BCUT2D eigenvalue weighted by atomic mass is 16.2. The van der Waals surface area contributed by atoms with E-state index in [2.05, 4.69) is 10.1 Å². The van der Waals surface area contributed by atoms with Crippen LogP contribution in [-0.2, 0) is 16.1 Å². The van der Waals surface area contributed by atoms with E-state index < -0.39 is 0 Å². The second-order valence-corrected chi connectivity index (χ2v) is 5.48. The fourth-order valence-electron chi connectivity index (χ4n) is 2.54. The van der Waals surface area contributed by atoms with Crippen LogP contribution in [0.25, 0.3) is 11.3 Å². The molecule has 2 aromatic heterocycles. The van der Waals surface area contributed by atoms with Gasteiger partial charge >= 0.3 is 0 Å².